The zero-order valence-corrected chi connectivity index (χ0v) is 21.1. The summed E-state index contributed by atoms with van der Waals surface area (Å²) < 4.78 is 16.3. The Hall–Kier alpha value is -2.72. The number of nitrogens with zero attached hydrogens (tertiary/aromatic N) is 1. The maximum atomic E-state index is 13.4. The van der Waals surface area contributed by atoms with Gasteiger partial charge in [-0.25, -0.2) is 14.6 Å². The van der Waals surface area contributed by atoms with Crippen LogP contribution in [-0.2, 0) is 30.2 Å². The number of methoxy groups -OCH3 is 2. The lowest BCUT2D eigenvalue weighted by atomic mass is 9.79. The van der Waals surface area contributed by atoms with Crippen LogP contribution in [-0.4, -0.2) is 44.3 Å². The van der Waals surface area contributed by atoms with Gasteiger partial charge in [0.25, 0.3) is 0 Å². The van der Waals surface area contributed by atoms with Gasteiger partial charge in [0.2, 0.25) is 0 Å². The molecule has 0 amide bonds. The molecule has 1 aromatic heterocycles. The first-order valence-corrected chi connectivity index (χ1v) is 12.0. The highest BCUT2D eigenvalue weighted by molar-refractivity contribution is 7.09. The Kier molecular flexibility index (Phi) is 8.84. The summed E-state index contributed by atoms with van der Waals surface area (Å²) >= 11 is 7.96. The van der Waals surface area contributed by atoms with Gasteiger partial charge >= 0.3 is 11.9 Å². The summed E-state index contributed by atoms with van der Waals surface area (Å²) in [5.41, 5.74) is 8.51. The van der Waals surface area contributed by atoms with Crippen LogP contribution in [0.15, 0.2) is 52.2 Å². The third-order valence-electron chi connectivity index (χ3n) is 5.40. The largest absolute Gasteiger partial charge is 0.466 e. The number of benzene rings is 1. The van der Waals surface area contributed by atoms with Gasteiger partial charge in [0.05, 0.1) is 42.2 Å². The number of hydrogen-bond donors (Lipinski definition) is 2. The second-order valence-electron chi connectivity index (χ2n) is 7.49. The minimum Gasteiger partial charge on any atom is -0.466 e. The molecule has 3 rings (SSSR count). The Labute approximate surface area is 207 Å². The number of rotatable bonds is 9. The molecule has 1 aliphatic heterocycles. The van der Waals surface area contributed by atoms with Gasteiger partial charge in [0.1, 0.15) is 11.1 Å². The number of carbonyl (C=O) groups excluding carboxylic acids is 2. The number of halogens is 1. The van der Waals surface area contributed by atoms with E-state index in [1.807, 2.05) is 5.38 Å². The Morgan fingerprint density at radius 1 is 1.24 bits per heavy atom. The van der Waals surface area contributed by atoms with E-state index in [9.17, 15) is 9.59 Å². The van der Waals surface area contributed by atoms with E-state index in [0.717, 1.165) is 5.69 Å². The number of nitrogens with one attached hydrogen (secondary N) is 1. The fourth-order valence-electron chi connectivity index (χ4n) is 3.95. The molecule has 8 nitrogen and oxygen atoms in total. The first kappa shape index (κ1) is 25.9. The van der Waals surface area contributed by atoms with Crippen molar-refractivity contribution in [2.45, 2.75) is 32.3 Å². The van der Waals surface area contributed by atoms with Crippen molar-refractivity contribution in [1.29, 1.82) is 0 Å². The number of thiazole rings is 1. The van der Waals surface area contributed by atoms with Gasteiger partial charge in [-0.05, 0) is 32.0 Å². The lowest BCUT2D eigenvalue weighted by molar-refractivity contribution is -0.139. The number of aromatic nitrogens is 1. The molecule has 0 spiro atoms. The second kappa shape index (κ2) is 11.6. The first-order chi connectivity index (χ1) is 16.4. The minimum absolute atomic E-state index is 0.149. The van der Waals surface area contributed by atoms with Crippen molar-refractivity contribution in [1.82, 2.24) is 10.3 Å². The van der Waals surface area contributed by atoms with Gasteiger partial charge in [0, 0.05) is 29.6 Å². The average Bonchev–Trinajstić information content (AvgIpc) is 3.27. The molecule has 2 heterocycles. The zero-order chi connectivity index (χ0) is 24.8. The highest BCUT2D eigenvalue weighted by Gasteiger charge is 2.42. The summed E-state index contributed by atoms with van der Waals surface area (Å²) in [4.78, 5) is 30.9. The van der Waals surface area contributed by atoms with Crippen molar-refractivity contribution in [3.8, 4) is 0 Å². The van der Waals surface area contributed by atoms with Crippen molar-refractivity contribution in [3.63, 3.8) is 0 Å². The highest BCUT2D eigenvalue weighted by Crippen LogP contribution is 2.45. The Bertz CT molecular complexity index is 1130. The molecule has 0 saturated heterocycles. The summed E-state index contributed by atoms with van der Waals surface area (Å²) in [6.07, 6.45) is -0.0901. The van der Waals surface area contributed by atoms with E-state index in [-0.39, 0.29) is 17.8 Å². The van der Waals surface area contributed by atoms with Crippen molar-refractivity contribution < 1.29 is 23.8 Å². The Balaban J connectivity index is 2.29. The smallest absolute Gasteiger partial charge is 0.336 e. The molecule has 2 aromatic rings. The first-order valence-electron chi connectivity index (χ1n) is 10.8. The van der Waals surface area contributed by atoms with Crippen LogP contribution in [0.1, 0.15) is 42.1 Å². The molecule has 2 unspecified atom stereocenters. The van der Waals surface area contributed by atoms with Gasteiger partial charge < -0.3 is 25.3 Å². The van der Waals surface area contributed by atoms with Crippen LogP contribution < -0.4 is 11.1 Å². The maximum Gasteiger partial charge on any atom is 0.336 e. The van der Waals surface area contributed by atoms with Crippen LogP contribution in [0.5, 0.6) is 0 Å². The SMILES string of the molecule is CCOC(=O)C1=C(C(OC)c2nc(CCN)cs2)NC(C)=C(C(=O)OC)C1c1ccccc1Cl. The molecule has 2 atom stereocenters. The number of carbonyl (C=O) groups is 2. The van der Waals surface area contributed by atoms with Crippen molar-refractivity contribution in [2.24, 2.45) is 5.73 Å². The third-order valence-corrected chi connectivity index (χ3v) is 6.68. The van der Waals surface area contributed by atoms with Crippen molar-refractivity contribution in [3.05, 3.63) is 73.5 Å². The Morgan fingerprint density at radius 3 is 2.59 bits per heavy atom. The topological polar surface area (TPSA) is 113 Å². The number of dihydropyridines is 1. The van der Waals surface area contributed by atoms with E-state index in [4.69, 9.17) is 31.5 Å². The third kappa shape index (κ3) is 5.17. The number of nitrogens with two attached hydrogens (primary N) is 1. The van der Waals surface area contributed by atoms with E-state index < -0.39 is 24.0 Å². The molecule has 1 aromatic carbocycles. The molecule has 0 bridgehead atoms. The molecule has 0 saturated carbocycles. The quantitative estimate of drug-likeness (QED) is 0.497. The summed E-state index contributed by atoms with van der Waals surface area (Å²) in [5, 5.41) is 6.17. The predicted molar refractivity (Wildman–Crippen MR) is 130 cm³/mol. The fourth-order valence-corrected chi connectivity index (χ4v) is 5.13. The molecule has 3 N–H and O–H groups in total. The number of esters is 2. The van der Waals surface area contributed by atoms with Gasteiger partial charge in [-0.15, -0.1) is 11.3 Å². The average molecular weight is 506 g/mol. The number of ether oxygens (including phenoxy) is 3. The van der Waals surface area contributed by atoms with Crippen LogP contribution in [0.3, 0.4) is 0 Å². The molecule has 182 valence electrons. The summed E-state index contributed by atoms with van der Waals surface area (Å²) in [7, 11) is 2.83. The minimum atomic E-state index is -0.836. The molecule has 10 heteroatoms. The van der Waals surface area contributed by atoms with E-state index >= 15 is 0 Å². The van der Waals surface area contributed by atoms with Gasteiger partial charge in [0.15, 0.2) is 0 Å². The molecule has 0 aliphatic carbocycles. The molecular weight excluding hydrogens is 478 g/mol. The summed E-state index contributed by atoms with van der Waals surface area (Å²) in [6.45, 7) is 4.08. The normalized spacial score (nSPS) is 16.8. The number of hydrogen-bond acceptors (Lipinski definition) is 9. The molecule has 1 aliphatic rings. The van der Waals surface area contributed by atoms with Crippen LogP contribution >= 0.6 is 22.9 Å². The highest BCUT2D eigenvalue weighted by atomic mass is 35.5. The maximum absolute atomic E-state index is 13.4. The predicted octanol–water partition coefficient (Wildman–Crippen LogP) is 3.64. The zero-order valence-electron chi connectivity index (χ0n) is 19.5. The van der Waals surface area contributed by atoms with Gasteiger partial charge in [-0.1, -0.05) is 29.8 Å². The van der Waals surface area contributed by atoms with E-state index in [0.29, 0.717) is 40.0 Å². The van der Waals surface area contributed by atoms with Crippen molar-refractivity contribution >= 4 is 34.9 Å². The second-order valence-corrected chi connectivity index (χ2v) is 8.79. The van der Waals surface area contributed by atoms with Crippen LogP contribution in [0, 0.1) is 0 Å². The number of allylic oxidation sites excluding steroid dienone is 1. The van der Waals surface area contributed by atoms with Gasteiger partial charge in [-0.3, -0.25) is 0 Å². The Morgan fingerprint density at radius 2 is 1.97 bits per heavy atom. The summed E-state index contributed by atoms with van der Waals surface area (Å²) in [5.74, 6) is -2.01. The summed E-state index contributed by atoms with van der Waals surface area (Å²) in [6, 6.07) is 7.06. The van der Waals surface area contributed by atoms with Gasteiger partial charge in [-0.2, -0.15) is 0 Å². The van der Waals surface area contributed by atoms with E-state index in [1.54, 1.807) is 38.1 Å². The fraction of sp³-hybridized carbons (Fsp3) is 0.375. The van der Waals surface area contributed by atoms with Crippen LogP contribution in [0.2, 0.25) is 5.02 Å². The van der Waals surface area contributed by atoms with E-state index in [1.165, 1.54) is 25.6 Å². The van der Waals surface area contributed by atoms with E-state index in [2.05, 4.69) is 10.3 Å². The molecule has 34 heavy (non-hydrogen) atoms. The van der Waals surface area contributed by atoms with Crippen LogP contribution in [0.25, 0.3) is 0 Å². The molecule has 0 radical (unpaired) electrons. The standard InChI is InChI=1S/C24H28ClN3O5S/c1-5-33-24(30)19-18(15-8-6-7-9-16(15)25)17(23(29)32-4)13(2)27-20(19)21(31-3)22-28-14(10-11-26)12-34-22/h6-9,12,18,21,27H,5,10-11,26H2,1-4H3. The lowest BCUT2D eigenvalue weighted by Gasteiger charge is -2.33. The lowest BCUT2D eigenvalue weighted by Crippen LogP contribution is -2.35. The van der Waals surface area contributed by atoms with Crippen LogP contribution in [0.4, 0.5) is 0 Å². The van der Waals surface area contributed by atoms with Crippen molar-refractivity contribution in [2.75, 3.05) is 27.4 Å². The monoisotopic (exact) mass is 505 g/mol. The molecule has 0 fully saturated rings. The molecular formula is C24H28ClN3O5S.